The van der Waals surface area contributed by atoms with Crippen molar-refractivity contribution >= 4 is 0 Å². The molecule has 2 fully saturated rings. The third kappa shape index (κ3) is 2.46. The summed E-state index contributed by atoms with van der Waals surface area (Å²) in [6, 6.07) is 0.684. The first-order valence-electron chi connectivity index (χ1n) is 6.64. The van der Waals surface area contributed by atoms with Crippen LogP contribution in [0.25, 0.3) is 0 Å². The Kier molecular flexibility index (Phi) is 2.96. The van der Waals surface area contributed by atoms with Crippen molar-refractivity contribution in [1.29, 1.82) is 0 Å². The minimum Gasteiger partial charge on any atom is -0.334 e. The van der Waals surface area contributed by atoms with Crippen LogP contribution in [0.15, 0.2) is 12.5 Å². The Labute approximate surface area is 97.3 Å². The summed E-state index contributed by atoms with van der Waals surface area (Å²) in [7, 11) is 0. The molecule has 16 heavy (non-hydrogen) atoms. The average Bonchev–Trinajstić information content (AvgIpc) is 3.02. The molecule has 1 saturated carbocycles. The van der Waals surface area contributed by atoms with Gasteiger partial charge in [0.2, 0.25) is 0 Å². The summed E-state index contributed by atoms with van der Waals surface area (Å²) in [5.41, 5.74) is 1.42. The van der Waals surface area contributed by atoms with E-state index >= 15 is 0 Å². The number of hydrogen-bond donors (Lipinski definition) is 1. The number of rotatable bonds is 4. The zero-order valence-electron chi connectivity index (χ0n) is 9.86. The van der Waals surface area contributed by atoms with Crippen LogP contribution in [0, 0.1) is 5.92 Å². The average molecular weight is 219 g/mol. The quantitative estimate of drug-likeness (QED) is 0.839. The topological polar surface area (TPSA) is 29.9 Å². The zero-order valence-corrected chi connectivity index (χ0v) is 9.86. The maximum Gasteiger partial charge on any atom is 0.0948 e. The van der Waals surface area contributed by atoms with Gasteiger partial charge in [0.05, 0.1) is 6.33 Å². The van der Waals surface area contributed by atoms with Crippen LogP contribution in [-0.2, 0) is 13.0 Å². The molecule has 1 aliphatic carbocycles. The van der Waals surface area contributed by atoms with Crippen LogP contribution in [0.5, 0.6) is 0 Å². The van der Waals surface area contributed by atoms with Crippen LogP contribution < -0.4 is 5.32 Å². The van der Waals surface area contributed by atoms with E-state index in [0.717, 1.165) is 12.3 Å². The van der Waals surface area contributed by atoms with E-state index in [1.54, 1.807) is 0 Å². The second-order valence-corrected chi connectivity index (χ2v) is 5.33. The molecule has 1 aromatic heterocycles. The first-order chi connectivity index (χ1) is 7.92. The second kappa shape index (κ2) is 4.58. The number of imidazole rings is 1. The molecule has 1 aliphatic heterocycles. The lowest BCUT2D eigenvalue weighted by molar-refractivity contribution is 0.392. The van der Waals surface area contributed by atoms with Gasteiger partial charge in [0, 0.05) is 30.9 Å². The molecule has 0 bridgehead atoms. The van der Waals surface area contributed by atoms with Crippen LogP contribution in [0.1, 0.15) is 37.8 Å². The number of piperidine rings is 1. The standard InChI is InChI=1S/C13H21N3/c1-2-6-15-12(3-1)7-13-8-14-10-16(13)9-11-4-5-11/h8,10-12,15H,1-7,9H2. The molecule has 2 aliphatic rings. The lowest BCUT2D eigenvalue weighted by atomic mass is 10.0. The molecule has 0 amide bonds. The Hall–Kier alpha value is -0.830. The normalized spacial score (nSPS) is 25.9. The predicted octanol–water partition coefficient (Wildman–Crippen LogP) is 1.98. The number of nitrogens with zero attached hydrogens (tertiary/aromatic N) is 2. The van der Waals surface area contributed by atoms with Crippen molar-refractivity contribution in [2.45, 2.75) is 51.1 Å². The van der Waals surface area contributed by atoms with Gasteiger partial charge >= 0.3 is 0 Å². The summed E-state index contributed by atoms with van der Waals surface area (Å²) in [6.07, 6.45) is 12.1. The summed E-state index contributed by atoms with van der Waals surface area (Å²) in [6.45, 7) is 2.39. The summed E-state index contributed by atoms with van der Waals surface area (Å²) in [5.74, 6) is 0.937. The molecule has 3 rings (SSSR count). The summed E-state index contributed by atoms with van der Waals surface area (Å²) >= 11 is 0. The molecule has 1 unspecified atom stereocenters. The van der Waals surface area contributed by atoms with Crippen LogP contribution in [0.2, 0.25) is 0 Å². The van der Waals surface area contributed by atoms with Gasteiger partial charge in [0.25, 0.3) is 0 Å². The van der Waals surface area contributed by atoms with Gasteiger partial charge in [-0.25, -0.2) is 4.98 Å². The van der Waals surface area contributed by atoms with Gasteiger partial charge in [-0.2, -0.15) is 0 Å². The first-order valence-corrected chi connectivity index (χ1v) is 6.64. The predicted molar refractivity (Wildman–Crippen MR) is 64.3 cm³/mol. The summed E-state index contributed by atoms with van der Waals surface area (Å²) < 4.78 is 2.37. The van der Waals surface area contributed by atoms with Gasteiger partial charge in [0.1, 0.15) is 0 Å². The molecule has 1 atom stereocenters. The highest BCUT2D eigenvalue weighted by Crippen LogP contribution is 2.31. The van der Waals surface area contributed by atoms with E-state index in [1.165, 1.54) is 50.9 Å². The maximum absolute atomic E-state index is 4.30. The number of nitrogens with one attached hydrogen (secondary N) is 1. The molecule has 3 nitrogen and oxygen atoms in total. The fourth-order valence-electron chi connectivity index (χ4n) is 2.61. The first kappa shape index (κ1) is 10.3. The van der Waals surface area contributed by atoms with Crippen LogP contribution in [-0.4, -0.2) is 22.1 Å². The van der Waals surface area contributed by atoms with Gasteiger partial charge in [-0.15, -0.1) is 0 Å². The van der Waals surface area contributed by atoms with E-state index in [4.69, 9.17) is 0 Å². The molecule has 0 radical (unpaired) electrons. The van der Waals surface area contributed by atoms with Crippen LogP contribution in [0.3, 0.4) is 0 Å². The molecule has 3 heteroatoms. The molecular formula is C13H21N3. The largest absolute Gasteiger partial charge is 0.334 e. The van der Waals surface area contributed by atoms with Gasteiger partial charge in [-0.05, 0) is 38.1 Å². The minimum absolute atomic E-state index is 0.684. The Bertz CT molecular complexity index is 335. The van der Waals surface area contributed by atoms with Crippen molar-refractivity contribution in [2.75, 3.05) is 6.54 Å². The van der Waals surface area contributed by atoms with E-state index in [2.05, 4.69) is 21.1 Å². The Morgan fingerprint density at radius 2 is 2.25 bits per heavy atom. The highest BCUT2D eigenvalue weighted by molar-refractivity contribution is 5.02. The number of aromatic nitrogens is 2. The molecule has 2 heterocycles. The van der Waals surface area contributed by atoms with Gasteiger partial charge in [0.15, 0.2) is 0 Å². The minimum atomic E-state index is 0.684. The van der Waals surface area contributed by atoms with Crippen LogP contribution in [0.4, 0.5) is 0 Å². The smallest absolute Gasteiger partial charge is 0.0948 e. The number of hydrogen-bond acceptors (Lipinski definition) is 2. The Morgan fingerprint density at radius 3 is 3.00 bits per heavy atom. The summed E-state index contributed by atoms with van der Waals surface area (Å²) in [4.78, 5) is 4.30. The molecule has 1 N–H and O–H groups in total. The zero-order chi connectivity index (χ0) is 10.8. The van der Waals surface area contributed by atoms with E-state index in [9.17, 15) is 0 Å². The van der Waals surface area contributed by atoms with Crippen molar-refractivity contribution in [2.24, 2.45) is 5.92 Å². The van der Waals surface area contributed by atoms with Gasteiger partial charge < -0.3 is 9.88 Å². The highest BCUT2D eigenvalue weighted by Gasteiger charge is 2.23. The lowest BCUT2D eigenvalue weighted by Gasteiger charge is -2.23. The van der Waals surface area contributed by atoms with E-state index < -0.39 is 0 Å². The van der Waals surface area contributed by atoms with Gasteiger partial charge in [-0.3, -0.25) is 0 Å². The van der Waals surface area contributed by atoms with Crippen LogP contribution >= 0.6 is 0 Å². The second-order valence-electron chi connectivity index (χ2n) is 5.33. The highest BCUT2D eigenvalue weighted by atomic mass is 15.1. The van der Waals surface area contributed by atoms with Gasteiger partial charge in [-0.1, -0.05) is 6.42 Å². The SMILES string of the molecule is c1ncn(CC2CC2)c1CC1CCCCN1. The molecule has 1 saturated heterocycles. The van der Waals surface area contributed by atoms with E-state index in [1.807, 2.05) is 6.33 Å². The monoisotopic (exact) mass is 219 g/mol. The third-order valence-electron chi connectivity index (χ3n) is 3.82. The van der Waals surface area contributed by atoms with Crippen molar-refractivity contribution < 1.29 is 0 Å². The van der Waals surface area contributed by atoms with Crippen molar-refractivity contribution in [3.05, 3.63) is 18.2 Å². The molecule has 0 spiro atoms. The van der Waals surface area contributed by atoms with E-state index in [0.29, 0.717) is 6.04 Å². The molecule has 88 valence electrons. The van der Waals surface area contributed by atoms with E-state index in [-0.39, 0.29) is 0 Å². The fourth-order valence-corrected chi connectivity index (χ4v) is 2.61. The van der Waals surface area contributed by atoms with Crippen molar-refractivity contribution in [1.82, 2.24) is 14.9 Å². The Balaban J connectivity index is 1.61. The lowest BCUT2D eigenvalue weighted by Crippen LogP contribution is -2.36. The molecular weight excluding hydrogens is 198 g/mol. The maximum atomic E-state index is 4.30. The summed E-state index contributed by atoms with van der Waals surface area (Å²) in [5, 5.41) is 3.61. The Morgan fingerprint density at radius 1 is 1.31 bits per heavy atom. The molecule has 1 aromatic rings. The third-order valence-corrected chi connectivity index (χ3v) is 3.82. The van der Waals surface area contributed by atoms with Crippen molar-refractivity contribution in [3.8, 4) is 0 Å². The van der Waals surface area contributed by atoms with Crippen molar-refractivity contribution in [3.63, 3.8) is 0 Å². The molecule has 0 aromatic carbocycles. The fraction of sp³-hybridized carbons (Fsp3) is 0.769.